The van der Waals surface area contributed by atoms with E-state index in [0.717, 1.165) is 31.4 Å². The van der Waals surface area contributed by atoms with Crippen molar-refractivity contribution in [3.05, 3.63) is 35.7 Å². The Balaban J connectivity index is 1.70. The van der Waals surface area contributed by atoms with Crippen LogP contribution in [0, 0.1) is 0 Å². The summed E-state index contributed by atoms with van der Waals surface area (Å²) < 4.78 is 10.2. The van der Waals surface area contributed by atoms with E-state index in [1.54, 1.807) is 0 Å². The van der Waals surface area contributed by atoms with Gasteiger partial charge in [-0.3, -0.25) is 9.69 Å². The van der Waals surface area contributed by atoms with Crippen LogP contribution >= 0.6 is 0 Å². The van der Waals surface area contributed by atoms with Crippen molar-refractivity contribution < 1.29 is 14.1 Å². The molecule has 0 aliphatic carbocycles. The van der Waals surface area contributed by atoms with Crippen LogP contribution < -0.4 is 0 Å². The number of aromatic nitrogens is 2. The predicted octanol–water partition coefficient (Wildman–Crippen LogP) is 2.44. The van der Waals surface area contributed by atoms with Crippen LogP contribution in [0.15, 0.2) is 28.8 Å². The zero-order valence-corrected chi connectivity index (χ0v) is 13.5. The summed E-state index contributed by atoms with van der Waals surface area (Å²) in [5, 5.41) is 4.05. The Labute approximate surface area is 135 Å². The SMILES string of the molecule is CCc1ccc(-c2noc(CN3CCCC3C(=O)OC)n2)cc1. The van der Waals surface area contributed by atoms with Crippen LogP contribution in [0.4, 0.5) is 0 Å². The minimum absolute atomic E-state index is 0.197. The third-order valence-corrected chi connectivity index (χ3v) is 4.26. The second kappa shape index (κ2) is 6.91. The molecule has 6 heteroatoms. The first-order valence-corrected chi connectivity index (χ1v) is 7.95. The van der Waals surface area contributed by atoms with Crippen LogP contribution in [0.5, 0.6) is 0 Å². The number of benzene rings is 1. The number of methoxy groups -OCH3 is 1. The van der Waals surface area contributed by atoms with Crippen LogP contribution in [-0.2, 0) is 22.5 Å². The molecule has 1 saturated heterocycles. The zero-order chi connectivity index (χ0) is 16.2. The molecule has 0 N–H and O–H groups in total. The van der Waals surface area contributed by atoms with Crippen molar-refractivity contribution >= 4 is 5.97 Å². The van der Waals surface area contributed by atoms with E-state index in [1.165, 1.54) is 12.7 Å². The van der Waals surface area contributed by atoms with Crippen molar-refractivity contribution in [2.24, 2.45) is 0 Å². The average molecular weight is 315 g/mol. The molecule has 1 aromatic carbocycles. The number of ether oxygens (including phenoxy) is 1. The maximum absolute atomic E-state index is 11.8. The molecule has 0 bridgehead atoms. The molecule has 2 aromatic rings. The van der Waals surface area contributed by atoms with Crippen LogP contribution in [-0.4, -0.2) is 40.7 Å². The normalized spacial score (nSPS) is 18.3. The Kier molecular flexibility index (Phi) is 4.71. The molecule has 0 spiro atoms. The highest BCUT2D eigenvalue weighted by Gasteiger charge is 2.32. The number of likely N-dealkylation sites (tertiary alicyclic amines) is 1. The van der Waals surface area contributed by atoms with Gasteiger partial charge in [-0.15, -0.1) is 0 Å². The first-order valence-electron chi connectivity index (χ1n) is 7.95. The Morgan fingerprint density at radius 3 is 2.87 bits per heavy atom. The molecule has 122 valence electrons. The largest absolute Gasteiger partial charge is 0.468 e. The van der Waals surface area contributed by atoms with Gasteiger partial charge in [0.2, 0.25) is 11.7 Å². The summed E-state index contributed by atoms with van der Waals surface area (Å²) in [6.45, 7) is 3.43. The van der Waals surface area contributed by atoms with Gasteiger partial charge < -0.3 is 9.26 Å². The van der Waals surface area contributed by atoms with Gasteiger partial charge >= 0.3 is 5.97 Å². The Bertz CT molecular complexity index is 666. The monoisotopic (exact) mass is 315 g/mol. The smallest absolute Gasteiger partial charge is 0.323 e. The van der Waals surface area contributed by atoms with Crippen molar-refractivity contribution in [3.8, 4) is 11.4 Å². The summed E-state index contributed by atoms with van der Waals surface area (Å²) in [6, 6.07) is 7.93. The standard InChI is InChI=1S/C17H21N3O3/c1-3-12-6-8-13(9-7-12)16-18-15(23-19-16)11-20-10-4-5-14(20)17(21)22-2/h6-9,14H,3-5,10-11H2,1-2H3. The topological polar surface area (TPSA) is 68.5 Å². The molecule has 2 heterocycles. The first-order chi connectivity index (χ1) is 11.2. The van der Waals surface area contributed by atoms with Gasteiger partial charge in [0.05, 0.1) is 13.7 Å². The van der Waals surface area contributed by atoms with E-state index >= 15 is 0 Å². The molecule has 23 heavy (non-hydrogen) atoms. The highest BCUT2D eigenvalue weighted by Crippen LogP contribution is 2.22. The molecule has 1 aromatic heterocycles. The molecular formula is C17H21N3O3. The lowest BCUT2D eigenvalue weighted by atomic mass is 10.1. The molecule has 6 nitrogen and oxygen atoms in total. The second-order valence-corrected chi connectivity index (χ2v) is 5.71. The van der Waals surface area contributed by atoms with Gasteiger partial charge in [0, 0.05) is 5.56 Å². The molecule has 1 aliphatic rings. The first kappa shape index (κ1) is 15.7. The summed E-state index contributed by atoms with van der Waals surface area (Å²) in [5.74, 6) is 0.907. The Morgan fingerprint density at radius 2 is 2.17 bits per heavy atom. The van der Waals surface area contributed by atoms with Crippen molar-refractivity contribution in [1.29, 1.82) is 0 Å². The molecule has 1 fully saturated rings. The number of carbonyl (C=O) groups excluding carboxylic acids is 1. The van der Waals surface area contributed by atoms with Crippen LogP contribution in [0.25, 0.3) is 11.4 Å². The number of aryl methyl sites for hydroxylation is 1. The summed E-state index contributed by atoms with van der Waals surface area (Å²) in [7, 11) is 1.42. The molecule has 1 atom stereocenters. The van der Waals surface area contributed by atoms with E-state index in [-0.39, 0.29) is 12.0 Å². The molecule has 1 aliphatic heterocycles. The van der Waals surface area contributed by atoms with Gasteiger partial charge in [0.25, 0.3) is 0 Å². The molecular weight excluding hydrogens is 294 g/mol. The van der Waals surface area contributed by atoms with Gasteiger partial charge in [0.15, 0.2) is 0 Å². The minimum Gasteiger partial charge on any atom is -0.468 e. The minimum atomic E-state index is -0.209. The summed E-state index contributed by atoms with van der Waals surface area (Å²) in [4.78, 5) is 18.2. The summed E-state index contributed by atoms with van der Waals surface area (Å²) in [6.07, 6.45) is 2.78. The fourth-order valence-corrected chi connectivity index (χ4v) is 2.92. The predicted molar refractivity (Wildman–Crippen MR) is 84.6 cm³/mol. The van der Waals surface area contributed by atoms with Crippen LogP contribution in [0.2, 0.25) is 0 Å². The number of rotatable bonds is 5. The Morgan fingerprint density at radius 1 is 1.39 bits per heavy atom. The van der Waals surface area contributed by atoms with Gasteiger partial charge in [0.1, 0.15) is 6.04 Å². The summed E-state index contributed by atoms with van der Waals surface area (Å²) in [5.41, 5.74) is 2.21. The number of carbonyl (C=O) groups is 1. The lowest BCUT2D eigenvalue weighted by Gasteiger charge is -2.19. The van der Waals surface area contributed by atoms with Gasteiger partial charge in [-0.25, -0.2) is 0 Å². The van der Waals surface area contributed by atoms with Gasteiger partial charge in [-0.05, 0) is 31.4 Å². The van der Waals surface area contributed by atoms with Crippen LogP contribution in [0.1, 0.15) is 31.2 Å². The molecule has 3 rings (SSSR count). The molecule has 0 amide bonds. The van der Waals surface area contributed by atoms with Crippen molar-refractivity contribution in [2.45, 2.75) is 38.8 Å². The number of hydrogen-bond acceptors (Lipinski definition) is 6. The van der Waals surface area contributed by atoms with E-state index in [2.05, 4.69) is 29.2 Å². The quantitative estimate of drug-likeness (QED) is 0.789. The maximum Gasteiger partial charge on any atom is 0.323 e. The highest BCUT2D eigenvalue weighted by atomic mass is 16.5. The highest BCUT2D eigenvalue weighted by molar-refractivity contribution is 5.75. The van der Waals surface area contributed by atoms with Crippen molar-refractivity contribution in [2.75, 3.05) is 13.7 Å². The number of nitrogens with zero attached hydrogens (tertiary/aromatic N) is 3. The van der Waals surface area contributed by atoms with Crippen molar-refractivity contribution in [1.82, 2.24) is 15.0 Å². The fraction of sp³-hybridized carbons (Fsp3) is 0.471. The van der Waals surface area contributed by atoms with E-state index in [9.17, 15) is 4.79 Å². The number of esters is 1. The third kappa shape index (κ3) is 3.42. The molecule has 0 radical (unpaired) electrons. The van der Waals surface area contributed by atoms with E-state index < -0.39 is 0 Å². The van der Waals surface area contributed by atoms with E-state index in [4.69, 9.17) is 9.26 Å². The average Bonchev–Trinajstić information content (AvgIpc) is 3.24. The number of hydrogen-bond donors (Lipinski definition) is 0. The lowest BCUT2D eigenvalue weighted by Crippen LogP contribution is -2.36. The van der Waals surface area contributed by atoms with E-state index in [1.807, 2.05) is 17.0 Å². The molecule has 1 unspecified atom stereocenters. The van der Waals surface area contributed by atoms with Gasteiger partial charge in [-0.1, -0.05) is 36.3 Å². The zero-order valence-electron chi connectivity index (χ0n) is 13.5. The molecule has 0 saturated carbocycles. The van der Waals surface area contributed by atoms with Crippen LogP contribution in [0.3, 0.4) is 0 Å². The third-order valence-electron chi connectivity index (χ3n) is 4.26. The lowest BCUT2D eigenvalue weighted by molar-refractivity contribution is -0.146. The summed E-state index contributed by atoms with van der Waals surface area (Å²) >= 11 is 0. The van der Waals surface area contributed by atoms with Crippen molar-refractivity contribution in [3.63, 3.8) is 0 Å². The van der Waals surface area contributed by atoms with Gasteiger partial charge in [-0.2, -0.15) is 4.98 Å². The maximum atomic E-state index is 11.8. The second-order valence-electron chi connectivity index (χ2n) is 5.71. The fourth-order valence-electron chi connectivity index (χ4n) is 2.92. The van der Waals surface area contributed by atoms with E-state index in [0.29, 0.717) is 18.3 Å². The Hall–Kier alpha value is -2.21.